The molecule has 2 unspecified atom stereocenters. The lowest BCUT2D eigenvalue weighted by molar-refractivity contribution is -0.149. The highest BCUT2D eigenvalue weighted by atomic mass is 32.2. The maximum absolute atomic E-state index is 11.7. The number of sulfonamides is 1. The van der Waals surface area contributed by atoms with Gasteiger partial charge in [0.25, 0.3) is 0 Å². The smallest absolute Gasteiger partial charge is 0.332 e. The van der Waals surface area contributed by atoms with E-state index in [1.54, 1.807) is 0 Å². The summed E-state index contributed by atoms with van der Waals surface area (Å²) in [6.45, 7) is 0.0529. The average molecular weight is 275 g/mol. The molecule has 9 heteroatoms. The predicted molar refractivity (Wildman–Crippen MR) is 59.3 cm³/mol. The van der Waals surface area contributed by atoms with Crippen molar-refractivity contribution in [1.82, 2.24) is 14.9 Å². The van der Waals surface area contributed by atoms with Gasteiger partial charge in [0.1, 0.15) is 4.90 Å². The van der Waals surface area contributed by atoms with Crippen LogP contribution < -0.4 is 4.72 Å². The van der Waals surface area contributed by atoms with Crippen molar-refractivity contribution in [3.05, 3.63) is 12.4 Å². The number of hydrogen-bond acceptors (Lipinski definition) is 5. The number of aromatic amines is 1. The van der Waals surface area contributed by atoms with Crippen LogP contribution in [-0.4, -0.2) is 48.4 Å². The molecule has 1 saturated heterocycles. The first-order valence-corrected chi connectivity index (χ1v) is 6.84. The minimum absolute atomic E-state index is 0.0373. The Morgan fingerprint density at radius 2 is 2.39 bits per heavy atom. The molecule has 0 spiro atoms. The van der Waals surface area contributed by atoms with Gasteiger partial charge in [0, 0.05) is 12.7 Å². The Bertz CT molecular complexity index is 512. The van der Waals surface area contributed by atoms with Crippen LogP contribution >= 0.6 is 0 Å². The van der Waals surface area contributed by atoms with E-state index in [1.165, 1.54) is 12.4 Å². The van der Waals surface area contributed by atoms with Crippen LogP contribution in [0, 0.1) is 0 Å². The van der Waals surface area contributed by atoms with E-state index in [9.17, 15) is 13.2 Å². The third-order valence-electron chi connectivity index (χ3n) is 2.67. The van der Waals surface area contributed by atoms with Gasteiger partial charge in [0.05, 0.1) is 12.3 Å². The van der Waals surface area contributed by atoms with Crippen molar-refractivity contribution in [3.8, 4) is 0 Å². The first-order chi connectivity index (χ1) is 8.49. The topological polar surface area (TPSA) is 121 Å². The maximum Gasteiger partial charge on any atom is 0.332 e. The summed E-state index contributed by atoms with van der Waals surface area (Å²) >= 11 is 0. The fourth-order valence-corrected chi connectivity index (χ4v) is 2.68. The second-order valence-electron chi connectivity index (χ2n) is 3.95. The second-order valence-corrected chi connectivity index (χ2v) is 5.72. The van der Waals surface area contributed by atoms with Crippen LogP contribution in [0.1, 0.15) is 12.8 Å². The molecule has 1 aromatic heterocycles. The molecule has 2 atom stereocenters. The number of aliphatic carboxylic acids is 1. The maximum atomic E-state index is 11.7. The molecule has 0 radical (unpaired) electrons. The van der Waals surface area contributed by atoms with Gasteiger partial charge >= 0.3 is 5.97 Å². The Labute approximate surface area is 103 Å². The lowest BCUT2D eigenvalue weighted by Crippen LogP contribution is -2.33. The van der Waals surface area contributed by atoms with E-state index in [0.29, 0.717) is 12.8 Å². The molecule has 2 rings (SSSR count). The molecule has 1 aromatic rings. The van der Waals surface area contributed by atoms with Gasteiger partial charge in [-0.2, -0.15) is 5.10 Å². The Kier molecular flexibility index (Phi) is 3.64. The number of aromatic nitrogens is 2. The van der Waals surface area contributed by atoms with E-state index in [4.69, 9.17) is 9.84 Å². The van der Waals surface area contributed by atoms with Crippen LogP contribution in [0.15, 0.2) is 17.3 Å². The molecule has 1 aliphatic rings. The Morgan fingerprint density at radius 1 is 1.61 bits per heavy atom. The van der Waals surface area contributed by atoms with Crippen LogP contribution in [0.2, 0.25) is 0 Å². The molecule has 0 aromatic carbocycles. The summed E-state index contributed by atoms with van der Waals surface area (Å²) in [6.07, 6.45) is 2.12. The van der Waals surface area contributed by atoms with Crippen LogP contribution in [0.3, 0.4) is 0 Å². The molecule has 3 N–H and O–H groups in total. The molecular formula is C9H13N3O5S. The number of H-pyrrole nitrogens is 1. The molecule has 8 nitrogen and oxygen atoms in total. The fourth-order valence-electron chi connectivity index (χ4n) is 1.71. The highest BCUT2D eigenvalue weighted by Gasteiger charge is 2.31. The van der Waals surface area contributed by atoms with Crippen LogP contribution in [0.25, 0.3) is 0 Å². The average Bonchev–Trinajstić information content (AvgIpc) is 2.98. The number of carboxylic acid groups (broad SMARTS) is 1. The number of hydrogen-bond donors (Lipinski definition) is 3. The summed E-state index contributed by atoms with van der Waals surface area (Å²) in [5, 5.41) is 14.7. The van der Waals surface area contributed by atoms with Crippen molar-refractivity contribution in [2.24, 2.45) is 0 Å². The van der Waals surface area contributed by atoms with E-state index >= 15 is 0 Å². The van der Waals surface area contributed by atoms with E-state index in [2.05, 4.69) is 14.9 Å². The number of carbonyl (C=O) groups is 1. The predicted octanol–water partition coefficient (Wildman–Crippen LogP) is -0.680. The Morgan fingerprint density at radius 3 is 2.94 bits per heavy atom. The minimum Gasteiger partial charge on any atom is -0.479 e. The van der Waals surface area contributed by atoms with Gasteiger partial charge in [-0.15, -0.1) is 0 Å². The van der Waals surface area contributed by atoms with Gasteiger partial charge in [-0.05, 0) is 12.8 Å². The van der Waals surface area contributed by atoms with Gasteiger partial charge in [0.15, 0.2) is 6.10 Å². The van der Waals surface area contributed by atoms with Crippen LogP contribution in [0.4, 0.5) is 0 Å². The van der Waals surface area contributed by atoms with Gasteiger partial charge in [-0.3, -0.25) is 5.10 Å². The van der Waals surface area contributed by atoms with E-state index < -0.39 is 28.2 Å². The summed E-state index contributed by atoms with van der Waals surface area (Å²) in [5.41, 5.74) is 0. The lowest BCUT2D eigenvalue weighted by Gasteiger charge is -2.11. The quantitative estimate of drug-likeness (QED) is 0.654. The molecule has 0 aliphatic carbocycles. The zero-order valence-electron chi connectivity index (χ0n) is 9.37. The zero-order chi connectivity index (χ0) is 13.2. The zero-order valence-corrected chi connectivity index (χ0v) is 10.2. The summed E-state index contributed by atoms with van der Waals surface area (Å²) in [5.74, 6) is -1.02. The standard InChI is InChI=1S/C9H13N3O5S/c13-9(14)8-2-1-6(17-8)3-12-18(15,16)7-4-10-11-5-7/h4-6,8,12H,1-3H2,(H,10,11)(H,13,14). The molecule has 1 aliphatic heterocycles. The number of nitrogens with one attached hydrogen (secondary N) is 2. The molecule has 0 saturated carbocycles. The van der Waals surface area contributed by atoms with Crippen molar-refractivity contribution >= 4 is 16.0 Å². The first kappa shape index (κ1) is 13.0. The van der Waals surface area contributed by atoms with Crippen LogP contribution in [0.5, 0.6) is 0 Å². The molecule has 0 bridgehead atoms. The first-order valence-electron chi connectivity index (χ1n) is 5.36. The number of carboxylic acids is 1. The molecule has 2 heterocycles. The van der Waals surface area contributed by atoms with Crippen molar-refractivity contribution in [2.75, 3.05) is 6.54 Å². The molecule has 100 valence electrons. The van der Waals surface area contributed by atoms with Crippen molar-refractivity contribution < 1.29 is 23.1 Å². The SMILES string of the molecule is O=C(O)C1CCC(CNS(=O)(=O)c2cn[nH]c2)O1. The van der Waals surface area contributed by atoms with Crippen LogP contribution in [-0.2, 0) is 19.6 Å². The molecular weight excluding hydrogens is 262 g/mol. The molecule has 18 heavy (non-hydrogen) atoms. The Balaban J connectivity index is 1.88. The third-order valence-corrected chi connectivity index (χ3v) is 4.06. The summed E-state index contributed by atoms with van der Waals surface area (Å²) in [7, 11) is -3.61. The second kappa shape index (κ2) is 5.04. The number of rotatable bonds is 5. The van der Waals surface area contributed by atoms with E-state index in [-0.39, 0.29) is 11.4 Å². The number of ether oxygens (including phenoxy) is 1. The van der Waals surface area contributed by atoms with Gasteiger partial charge in [0.2, 0.25) is 10.0 Å². The van der Waals surface area contributed by atoms with E-state index in [0.717, 1.165) is 0 Å². The van der Waals surface area contributed by atoms with Gasteiger partial charge < -0.3 is 9.84 Å². The van der Waals surface area contributed by atoms with E-state index in [1.807, 2.05) is 0 Å². The summed E-state index contributed by atoms with van der Waals surface area (Å²) in [4.78, 5) is 10.7. The van der Waals surface area contributed by atoms with Gasteiger partial charge in [-0.25, -0.2) is 17.9 Å². The van der Waals surface area contributed by atoms with Crippen molar-refractivity contribution in [2.45, 2.75) is 29.9 Å². The van der Waals surface area contributed by atoms with Crippen molar-refractivity contribution in [1.29, 1.82) is 0 Å². The monoisotopic (exact) mass is 275 g/mol. The lowest BCUT2D eigenvalue weighted by atomic mass is 10.2. The fraction of sp³-hybridized carbons (Fsp3) is 0.556. The highest BCUT2D eigenvalue weighted by molar-refractivity contribution is 7.89. The third kappa shape index (κ3) is 2.86. The largest absolute Gasteiger partial charge is 0.479 e. The highest BCUT2D eigenvalue weighted by Crippen LogP contribution is 2.19. The summed E-state index contributed by atoms with van der Waals surface area (Å²) in [6, 6.07) is 0. The minimum atomic E-state index is -3.61. The number of nitrogens with zero attached hydrogens (tertiary/aromatic N) is 1. The Hall–Kier alpha value is -1.45. The summed E-state index contributed by atoms with van der Waals surface area (Å²) < 4.78 is 31.0. The molecule has 0 amide bonds. The van der Waals surface area contributed by atoms with Crippen molar-refractivity contribution in [3.63, 3.8) is 0 Å². The van der Waals surface area contributed by atoms with Gasteiger partial charge in [-0.1, -0.05) is 0 Å². The molecule has 1 fully saturated rings. The normalized spacial score (nSPS) is 24.2.